The van der Waals surface area contributed by atoms with E-state index >= 15 is 0 Å². The summed E-state index contributed by atoms with van der Waals surface area (Å²) >= 11 is 0. The first kappa shape index (κ1) is 46.9. The van der Waals surface area contributed by atoms with E-state index in [-0.39, 0.29) is 36.5 Å². The quantitative estimate of drug-likeness (QED) is 0.0904. The average Bonchev–Trinajstić information content (AvgIpc) is 3.62. The lowest BCUT2D eigenvalue weighted by Crippen LogP contribution is -2.60. The molecule has 0 bridgehead atoms. The van der Waals surface area contributed by atoms with Gasteiger partial charge in [-0.25, -0.2) is 0 Å². The molecule has 1 saturated heterocycles. The molecule has 4 N–H and O–H groups in total. The molecule has 5 amide bonds. The second-order valence-corrected chi connectivity index (χ2v) is 15.3. The molecule has 308 valence electrons. The number of rotatable bonds is 22. The van der Waals surface area contributed by atoms with Gasteiger partial charge in [0.25, 0.3) is 0 Å². The van der Waals surface area contributed by atoms with Gasteiger partial charge in [-0.3, -0.25) is 28.9 Å². The van der Waals surface area contributed by atoms with E-state index in [0.717, 1.165) is 5.56 Å². The number of carbonyl (C=O) groups excluding carboxylic acids is 5. The van der Waals surface area contributed by atoms with Gasteiger partial charge in [-0.2, -0.15) is 0 Å². The van der Waals surface area contributed by atoms with Crippen LogP contribution in [0, 0.1) is 17.8 Å². The lowest BCUT2D eigenvalue weighted by Gasteiger charge is -2.41. The van der Waals surface area contributed by atoms with Crippen molar-refractivity contribution in [3.05, 3.63) is 46.3 Å². The molecule has 16 nitrogen and oxygen atoms in total. The number of hydrogen-bond donors (Lipinski definition) is 3. The molecule has 1 fully saturated rings. The molecule has 0 spiro atoms. The van der Waals surface area contributed by atoms with Crippen molar-refractivity contribution in [1.82, 2.24) is 25.3 Å². The van der Waals surface area contributed by atoms with Crippen LogP contribution in [-0.4, -0.2) is 135 Å². The Kier molecular flexibility index (Phi) is 19.1. The van der Waals surface area contributed by atoms with Crippen molar-refractivity contribution in [2.24, 2.45) is 28.6 Å². The molecule has 1 heterocycles. The lowest BCUT2D eigenvalue weighted by atomic mass is 9.89. The minimum atomic E-state index is -1.17. The SMILES string of the molecule is CC[C@H](C)[C@@H]([C@@H](CC(=O)N1CCC[C@H]1[C@H](OC)[C@@H](C)C(=O)N[C@@H](Cc1ccccc1)C(N)=O)OC)N(C)C(=O)[C@@H](NC(=O)[C@H](C(C)C)N(C)C)C(C)N=[N+]=[N-]. The Hall–Kier alpha value is -4.24. The van der Waals surface area contributed by atoms with Crippen molar-refractivity contribution in [2.75, 3.05) is 41.9 Å². The number of nitrogens with zero attached hydrogens (tertiary/aromatic N) is 6. The highest BCUT2D eigenvalue weighted by Gasteiger charge is 2.43. The fourth-order valence-corrected chi connectivity index (χ4v) is 7.81. The van der Waals surface area contributed by atoms with E-state index in [1.54, 1.807) is 44.8 Å². The van der Waals surface area contributed by atoms with Gasteiger partial charge in [0.05, 0.1) is 48.7 Å². The van der Waals surface area contributed by atoms with Gasteiger partial charge < -0.3 is 35.6 Å². The van der Waals surface area contributed by atoms with Gasteiger partial charge in [-0.05, 0) is 49.9 Å². The summed E-state index contributed by atoms with van der Waals surface area (Å²) in [6, 6.07) is 4.68. The maximum absolute atomic E-state index is 14.3. The van der Waals surface area contributed by atoms with Gasteiger partial charge in [-0.1, -0.05) is 83.4 Å². The van der Waals surface area contributed by atoms with Gasteiger partial charge in [0.1, 0.15) is 12.1 Å². The number of benzene rings is 1. The zero-order valence-corrected chi connectivity index (χ0v) is 34.6. The van der Waals surface area contributed by atoms with Gasteiger partial charge in [0.15, 0.2) is 0 Å². The monoisotopic (exact) mass is 772 g/mol. The number of methoxy groups -OCH3 is 2. The average molecular weight is 772 g/mol. The third-order valence-electron chi connectivity index (χ3n) is 10.9. The number of carbonyl (C=O) groups is 5. The standard InChI is InChI=1S/C39H65N9O7/c1-12-24(4)34(47(9)39(53)32(26(6)44-45-41)43-38(52)33(23(2)3)46(7)8)30(54-10)22-31(49)48-20-16-19-29(48)35(55-11)25(5)37(51)42-28(36(40)50)21-27-17-14-13-15-18-27/h13-15,17-18,23-26,28-30,32-35H,12,16,19-22H2,1-11H3,(H2,40,50)(H,42,51)(H,43,52)/t24-,25+,26?,28-,29-,30+,32-,33-,34-,35+/m0/s1. The number of primary amides is 1. The lowest BCUT2D eigenvalue weighted by molar-refractivity contribution is -0.147. The summed E-state index contributed by atoms with van der Waals surface area (Å²) in [5.74, 6) is -3.08. The highest BCUT2D eigenvalue weighted by molar-refractivity contribution is 5.91. The second kappa shape index (κ2) is 22.3. The number of likely N-dealkylation sites (tertiary alicyclic amines) is 1. The molecule has 2 rings (SSSR count). The Morgan fingerprint density at radius 1 is 1.00 bits per heavy atom. The maximum Gasteiger partial charge on any atom is 0.245 e. The van der Waals surface area contributed by atoms with E-state index in [4.69, 9.17) is 15.2 Å². The third kappa shape index (κ3) is 12.6. The molecular weight excluding hydrogens is 706 g/mol. The molecule has 0 saturated carbocycles. The largest absolute Gasteiger partial charge is 0.379 e. The summed E-state index contributed by atoms with van der Waals surface area (Å²) in [4.78, 5) is 75.7. The number of ether oxygens (including phenoxy) is 2. The van der Waals surface area contributed by atoms with Gasteiger partial charge in [0, 0.05) is 39.1 Å². The van der Waals surface area contributed by atoms with Crippen LogP contribution >= 0.6 is 0 Å². The number of nitrogens with two attached hydrogens (primary N) is 1. The molecule has 10 atom stereocenters. The van der Waals surface area contributed by atoms with Crippen LogP contribution in [0.1, 0.15) is 72.8 Å². The van der Waals surface area contributed by atoms with E-state index in [9.17, 15) is 29.5 Å². The van der Waals surface area contributed by atoms with Crippen LogP contribution in [0.4, 0.5) is 0 Å². The highest BCUT2D eigenvalue weighted by atomic mass is 16.5. The predicted molar refractivity (Wildman–Crippen MR) is 210 cm³/mol. The Bertz CT molecular complexity index is 1460. The van der Waals surface area contributed by atoms with E-state index < -0.39 is 72.1 Å². The number of azide groups is 1. The number of amides is 5. The molecule has 0 radical (unpaired) electrons. The normalized spacial score (nSPS) is 19.2. The predicted octanol–water partition coefficient (Wildman–Crippen LogP) is 2.89. The zero-order valence-electron chi connectivity index (χ0n) is 34.6. The van der Waals surface area contributed by atoms with E-state index in [1.807, 2.05) is 58.0 Å². The van der Waals surface area contributed by atoms with Crippen molar-refractivity contribution in [2.45, 2.75) is 122 Å². The molecule has 16 heteroatoms. The van der Waals surface area contributed by atoms with E-state index in [2.05, 4.69) is 20.7 Å². The van der Waals surface area contributed by atoms with Crippen LogP contribution in [0.15, 0.2) is 35.4 Å². The van der Waals surface area contributed by atoms with Crippen molar-refractivity contribution in [3.63, 3.8) is 0 Å². The summed E-state index contributed by atoms with van der Waals surface area (Å²) in [6.07, 6.45) is 0.669. The summed E-state index contributed by atoms with van der Waals surface area (Å²) in [5.41, 5.74) is 15.8. The van der Waals surface area contributed by atoms with Crippen molar-refractivity contribution >= 4 is 29.5 Å². The van der Waals surface area contributed by atoms with Gasteiger partial charge in [0.2, 0.25) is 29.5 Å². The molecule has 0 aliphatic carbocycles. The van der Waals surface area contributed by atoms with Crippen LogP contribution in [0.25, 0.3) is 10.4 Å². The molecule has 1 unspecified atom stereocenters. The maximum atomic E-state index is 14.3. The topological polar surface area (TPSA) is 212 Å². The summed E-state index contributed by atoms with van der Waals surface area (Å²) < 4.78 is 11.9. The fourth-order valence-electron chi connectivity index (χ4n) is 7.81. The second-order valence-electron chi connectivity index (χ2n) is 15.3. The Morgan fingerprint density at radius 3 is 2.15 bits per heavy atom. The highest BCUT2D eigenvalue weighted by Crippen LogP contribution is 2.30. The van der Waals surface area contributed by atoms with Crippen LogP contribution in [0.2, 0.25) is 0 Å². The minimum Gasteiger partial charge on any atom is -0.379 e. The van der Waals surface area contributed by atoms with Crippen LogP contribution in [-0.2, 0) is 39.9 Å². The van der Waals surface area contributed by atoms with Crippen LogP contribution in [0.3, 0.4) is 0 Å². The number of likely N-dealkylation sites (N-methyl/N-ethyl adjacent to an activating group) is 2. The molecule has 0 aromatic heterocycles. The number of nitrogens with one attached hydrogen (secondary N) is 2. The van der Waals surface area contributed by atoms with E-state index in [1.165, 1.54) is 19.1 Å². The molecule has 1 aromatic carbocycles. The minimum absolute atomic E-state index is 0.0637. The molecule has 1 aliphatic rings. The first-order valence-corrected chi connectivity index (χ1v) is 19.2. The fraction of sp³-hybridized carbons (Fsp3) is 0.718. The van der Waals surface area contributed by atoms with Gasteiger partial charge >= 0.3 is 0 Å². The van der Waals surface area contributed by atoms with E-state index in [0.29, 0.717) is 25.8 Å². The van der Waals surface area contributed by atoms with Crippen LogP contribution in [0.5, 0.6) is 0 Å². The zero-order chi connectivity index (χ0) is 41.6. The van der Waals surface area contributed by atoms with Gasteiger partial charge in [-0.15, -0.1) is 0 Å². The molecule has 1 aromatic rings. The van der Waals surface area contributed by atoms with Crippen molar-refractivity contribution in [1.29, 1.82) is 0 Å². The molecular formula is C39H65N9O7. The molecule has 1 aliphatic heterocycles. The third-order valence-corrected chi connectivity index (χ3v) is 10.9. The molecule has 55 heavy (non-hydrogen) atoms. The first-order chi connectivity index (χ1) is 25.9. The van der Waals surface area contributed by atoms with Crippen LogP contribution < -0.4 is 16.4 Å². The smallest absolute Gasteiger partial charge is 0.245 e. The summed E-state index contributed by atoms with van der Waals surface area (Å²) in [7, 11) is 8.17. The van der Waals surface area contributed by atoms with Crippen molar-refractivity contribution in [3.8, 4) is 0 Å². The summed E-state index contributed by atoms with van der Waals surface area (Å²) in [5, 5.41) is 9.41. The number of hydrogen-bond acceptors (Lipinski definition) is 9. The Morgan fingerprint density at radius 2 is 1.64 bits per heavy atom. The summed E-state index contributed by atoms with van der Waals surface area (Å²) in [6.45, 7) is 11.5. The Labute approximate surface area is 326 Å². The first-order valence-electron chi connectivity index (χ1n) is 19.2. The van der Waals surface area contributed by atoms with Crippen molar-refractivity contribution < 1.29 is 33.4 Å². The Balaban J connectivity index is 2.33.